The summed E-state index contributed by atoms with van der Waals surface area (Å²) in [5.41, 5.74) is -1.47. The van der Waals surface area contributed by atoms with Crippen molar-refractivity contribution in [1.82, 2.24) is 24.2 Å². The maximum Gasteiger partial charge on any atom is 0.429 e. The highest BCUT2D eigenvalue weighted by Gasteiger charge is 2.28. The average molecular weight is 603 g/mol. The van der Waals surface area contributed by atoms with Crippen LogP contribution >= 0.6 is 23.1 Å². The Balaban J connectivity index is 2.10. The molecule has 14 heteroatoms. The van der Waals surface area contributed by atoms with E-state index < -0.39 is 28.8 Å². The molecule has 3 aromatic heterocycles. The number of fused-ring (bicyclic) bond motifs is 1. The van der Waals surface area contributed by atoms with Crippen LogP contribution in [0.1, 0.15) is 45.7 Å². The smallest absolute Gasteiger partial charge is 0.429 e. The summed E-state index contributed by atoms with van der Waals surface area (Å²) in [4.78, 5) is 43.1. The number of methoxy groups -OCH3 is 1. The van der Waals surface area contributed by atoms with E-state index in [1.807, 2.05) is 13.8 Å². The Bertz CT molecular complexity index is 1750. The van der Waals surface area contributed by atoms with Crippen molar-refractivity contribution in [1.29, 1.82) is 0 Å². The first-order valence-electron chi connectivity index (χ1n) is 12.6. The molecule has 0 aliphatic carbocycles. The lowest BCUT2D eigenvalue weighted by Crippen LogP contribution is -2.53. The first-order chi connectivity index (χ1) is 19.2. The summed E-state index contributed by atoms with van der Waals surface area (Å²) < 4.78 is 27.4. The number of aryl methyl sites for hydroxylation is 1. The number of thiophene rings is 1. The van der Waals surface area contributed by atoms with Crippen LogP contribution in [-0.2, 0) is 4.74 Å². The van der Waals surface area contributed by atoms with Crippen molar-refractivity contribution in [2.45, 2.75) is 52.4 Å². The number of ether oxygens (including phenoxy) is 2. The zero-order chi connectivity index (χ0) is 30.2. The number of amides is 1. The molecule has 0 aliphatic heterocycles. The second kappa shape index (κ2) is 11.5. The molecular formula is C27H31FN6O5S2. The highest BCUT2D eigenvalue weighted by molar-refractivity contribution is 8.09. The molecule has 0 bridgehead atoms. The van der Waals surface area contributed by atoms with Gasteiger partial charge in [0, 0.05) is 34.5 Å². The van der Waals surface area contributed by atoms with Crippen LogP contribution in [0.25, 0.3) is 26.3 Å². The molecule has 218 valence electrons. The first-order valence-corrected chi connectivity index (χ1v) is 14.3. The number of aromatic nitrogens is 5. The van der Waals surface area contributed by atoms with Crippen LogP contribution in [0.3, 0.4) is 0 Å². The fourth-order valence-corrected chi connectivity index (χ4v) is 6.14. The van der Waals surface area contributed by atoms with Gasteiger partial charge in [-0.25, -0.2) is 19.0 Å². The summed E-state index contributed by atoms with van der Waals surface area (Å²) in [6, 6.07) is 4.11. The minimum absolute atomic E-state index is 0.0321. The van der Waals surface area contributed by atoms with Gasteiger partial charge in [0.1, 0.15) is 27.0 Å². The number of hydrogen-bond acceptors (Lipinski definition) is 9. The number of nitrogens with zero attached hydrogens (tertiary/aromatic N) is 6. The zero-order valence-corrected chi connectivity index (χ0v) is 25.6. The van der Waals surface area contributed by atoms with Gasteiger partial charge in [-0.3, -0.25) is 9.36 Å². The molecule has 0 N–H and O–H groups in total. The number of thioether (sulfide) groups is 1. The van der Waals surface area contributed by atoms with Crippen LogP contribution in [0.2, 0.25) is 0 Å². The molecule has 1 amide bonds. The molecule has 0 saturated carbocycles. The molecule has 11 nitrogen and oxygen atoms in total. The van der Waals surface area contributed by atoms with E-state index in [1.165, 1.54) is 72.1 Å². The Labute approximate surface area is 243 Å². The van der Waals surface area contributed by atoms with Gasteiger partial charge in [0.2, 0.25) is 0 Å². The molecule has 0 fully saturated rings. The number of hydrogen-bond donors (Lipinski definition) is 0. The fourth-order valence-electron chi connectivity index (χ4n) is 4.00. The lowest BCUT2D eigenvalue weighted by molar-refractivity contribution is 0.0546. The van der Waals surface area contributed by atoms with Gasteiger partial charge in [-0.05, 0) is 45.9 Å². The molecule has 4 rings (SSSR count). The van der Waals surface area contributed by atoms with Crippen LogP contribution in [0, 0.1) is 12.7 Å². The number of carbonyl (C=O) groups is 1. The normalized spacial score (nSPS) is 12.3. The summed E-state index contributed by atoms with van der Waals surface area (Å²) in [6.07, 6.45) is 3.64. The standard InChI is InChI=1S/C27H31FN6O5S2/c1-15(2)40-20(18-13-17(28)9-10-19(18)38-8)14-32-24-21(16(3)23(41-24)34-29-11-12-30-34)22(35)33(25(32)36)31(7)26(37)39-27(4,5)6/h9-15H,1-8H3. The van der Waals surface area contributed by atoms with E-state index in [2.05, 4.69) is 10.2 Å². The maximum atomic E-state index is 14.4. The van der Waals surface area contributed by atoms with Crippen molar-refractivity contribution >= 4 is 50.5 Å². The molecule has 0 spiro atoms. The van der Waals surface area contributed by atoms with E-state index in [0.717, 1.165) is 21.0 Å². The topological polar surface area (TPSA) is 113 Å². The largest absolute Gasteiger partial charge is 0.496 e. The second-order valence-corrected chi connectivity index (χ2v) is 12.9. The van der Waals surface area contributed by atoms with E-state index >= 15 is 0 Å². The average Bonchev–Trinajstić information content (AvgIpc) is 3.52. The quantitative estimate of drug-likeness (QED) is 0.295. The van der Waals surface area contributed by atoms with Crippen molar-refractivity contribution in [3.63, 3.8) is 0 Å². The van der Waals surface area contributed by atoms with Gasteiger partial charge < -0.3 is 9.47 Å². The Morgan fingerprint density at radius 3 is 2.44 bits per heavy atom. The molecule has 0 atom stereocenters. The molecular weight excluding hydrogens is 571 g/mol. The van der Waals surface area contributed by atoms with Crippen molar-refractivity contribution < 1.29 is 18.7 Å². The van der Waals surface area contributed by atoms with Gasteiger partial charge in [0.15, 0.2) is 0 Å². The van der Waals surface area contributed by atoms with Gasteiger partial charge in [-0.1, -0.05) is 25.2 Å². The van der Waals surface area contributed by atoms with Crippen LogP contribution in [0.4, 0.5) is 9.18 Å². The number of benzene rings is 1. The SMILES string of the molecule is COc1ccc(F)cc1C(=Cn1c(=O)n(N(C)C(=O)OC(C)(C)C)c(=O)c2c(C)c(-n3nccn3)sc21)SC(C)C. The Morgan fingerprint density at radius 1 is 1.20 bits per heavy atom. The Morgan fingerprint density at radius 2 is 1.85 bits per heavy atom. The molecule has 0 radical (unpaired) electrons. The number of rotatable bonds is 7. The zero-order valence-electron chi connectivity index (χ0n) is 24.0. The predicted octanol–water partition coefficient (Wildman–Crippen LogP) is 4.86. The van der Waals surface area contributed by atoms with Crippen molar-refractivity contribution in [2.75, 3.05) is 19.2 Å². The van der Waals surface area contributed by atoms with Crippen LogP contribution in [0.5, 0.6) is 5.75 Å². The Hall–Kier alpha value is -3.91. The summed E-state index contributed by atoms with van der Waals surface area (Å²) in [6.45, 7) is 10.7. The van der Waals surface area contributed by atoms with Crippen LogP contribution in [-0.4, -0.2) is 55.3 Å². The first kappa shape index (κ1) is 30.1. The predicted molar refractivity (Wildman–Crippen MR) is 160 cm³/mol. The highest BCUT2D eigenvalue weighted by atomic mass is 32.2. The number of carbonyl (C=O) groups excluding carboxylic acids is 1. The van der Waals surface area contributed by atoms with E-state index in [-0.39, 0.29) is 10.6 Å². The van der Waals surface area contributed by atoms with E-state index in [0.29, 0.717) is 31.6 Å². The van der Waals surface area contributed by atoms with Gasteiger partial charge in [0.05, 0.1) is 24.9 Å². The van der Waals surface area contributed by atoms with Gasteiger partial charge >= 0.3 is 11.8 Å². The van der Waals surface area contributed by atoms with Gasteiger partial charge in [0.25, 0.3) is 5.56 Å². The summed E-state index contributed by atoms with van der Waals surface area (Å²) >= 11 is 2.52. The molecule has 0 saturated heterocycles. The van der Waals surface area contributed by atoms with E-state index in [4.69, 9.17) is 9.47 Å². The lowest BCUT2D eigenvalue weighted by Gasteiger charge is -2.25. The van der Waals surface area contributed by atoms with Crippen molar-refractivity contribution in [3.05, 3.63) is 68.4 Å². The summed E-state index contributed by atoms with van der Waals surface area (Å²) in [5, 5.41) is 9.96. The minimum Gasteiger partial charge on any atom is -0.496 e. The Kier molecular flexibility index (Phi) is 8.45. The van der Waals surface area contributed by atoms with Gasteiger partial charge in [-0.2, -0.15) is 14.9 Å². The lowest BCUT2D eigenvalue weighted by atomic mass is 10.2. The second-order valence-electron chi connectivity index (χ2n) is 10.3. The third-order valence-corrected chi connectivity index (χ3v) is 8.02. The molecule has 4 aromatic rings. The van der Waals surface area contributed by atoms with E-state index in [1.54, 1.807) is 27.7 Å². The van der Waals surface area contributed by atoms with Crippen LogP contribution in [0.15, 0.2) is 40.2 Å². The molecule has 0 unspecified atom stereocenters. The third kappa shape index (κ3) is 6.07. The minimum atomic E-state index is -0.892. The monoisotopic (exact) mass is 602 g/mol. The maximum absolute atomic E-state index is 14.4. The molecule has 0 aliphatic rings. The fraction of sp³-hybridized carbons (Fsp3) is 0.370. The molecule has 41 heavy (non-hydrogen) atoms. The van der Waals surface area contributed by atoms with Gasteiger partial charge in [-0.15, -0.1) is 16.6 Å². The highest BCUT2D eigenvalue weighted by Crippen LogP contribution is 2.38. The van der Waals surface area contributed by atoms with E-state index in [9.17, 15) is 18.8 Å². The number of halogens is 1. The third-order valence-electron chi connectivity index (χ3n) is 5.71. The molecule has 3 heterocycles. The van der Waals surface area contributed by atoms with Crippen LogP contribution < -0.4 is 21.0 Å². The molecule has 1 aromatic carbocycles. The van der Waals surface area contributed by atoms with Crippen molar-refractivity contribution in [2.24, 2.45) is 0 Å². The summed E-state index contributed by atoms with van der Waals surface area (Å²) in [5.74, 6) is -0.0831. The summed E-state index contributed by atoms with van der Waals surface area (Å²) in [7, 11) is 2.76. The van der Waals surface area contributed by atoms with Crippen molar-refractivity contribution in [3.8, 4) is 10.8 Å².